The molecule has 26 heavy (non-hydrogen) atoms. The lowest BCUT2D eigenvalue weighted by molar-refractivity contribution is -0.0228. The van der Waals surface area contributed by atoms with Gasteiger partial charge in [0.1, 0.15) is 6.10 Å². The minimum absolute atomic E-state index is 0.0818. The van der Waals surface area contributed by atoms with Crippen LogP contribution >= 0.6 is 0 Å². The number of morpholine rings is 1. The van der Waals surface area contributed by atoms with E-state index >= 15 is 0 Å². The molecule has 0 aliphatic carbocycles. The van der Waals surface area contributed by atoms with E-state index in [9.17, 15) is 4.79 Å². The summed E-state index contributed by atoms with van der Waals surface area (Å²) in [4.78, 5) is 19.5. The van der Waals surface area contributed by atoms with E-state index in [4.69, 9.17) is 4.74 Å². The van der Waals surface area contributed by atoms with Gasteiger partial charge in [0, 0.05) is 42.1 Å². The lowest BCUT2D eigenvalue weighted by Crippen LogP contribution is -2.42. The second-order valence-electron chi connectivity index (χ2n) is 6.88. The maximum atomic E-state index is 13.3. The van der Waals surface area contributed by atoms with Crippen LogP contribution in [0, 0.1) is 13.8 Å². The molecule has 1 fully saturated rings. The van der Waals surface area contributed by atoms with E-state index in [1.165, 1.54) is 0 Å². The van der Waals surface area contributed by atoms with E-state index < -0.39 is 0 Å². The molecule has 1 aliphatic heterocycles. The molecule has 1 atom stereocenters. The zero-order chi connectivity index (χ0) is 18.3. The van der Waals surface area contributed by atoms with Crippen LogP contribution in [0.2, 0.25) is 0 Å². The average Bonchev–Trinajstić information content (AvgIpc) is 2.92. The van der Waals surface area contributed by atoms with Crippen LogP contribution in [0.15, 0.2) is 42.6 Å². The highest BCUT2D eigenvalue weighted by molar-refractivity contribution is 6.08. The molecule has 2 aromatic heterocycles. The minimum Gasteiger partial charge on any atom is -0.370 e. The topological polar surface area (TPSA) is 47.4 Å². The quantitative estimate of drug-likeness (QED) is 0.712. The molecule has 1 amide bonds. The summed E-state index contributed by atoms with van der Waals surface area (Å²) in [5.74, 6) is 0.0818. The normalized spacial score (nSPS) is 17.7. The van der Waals surface area contributed by atoms with Crippen molar-refractivity contribution in [2.24, 2.45) is 7.05 Å². The van der Waals surface area contributed by atoms with Gasteiger partial charge in [-0.2, -0.15) is 0 Å². The van der Waals surface area contributed by atoms with Crippen LogP contribution in [0.3, 0.4) is 0 Å². The number of nitrogens with zero attached hydrogens (tertiary/aromatic N) is 3. The molecule has 0 spiro atoms. The van der Waals surface area contributed by atoms with Crippen molar-refractivity contribution in [2.75, 3.05) is 19.7 Å². The number of rotatable bonds is 2. The Hall–Kier alpha value is -2.66. The van der Waals surface area contributed by atoms with Crippen LogP contribution in [-0.4, -0.2) is 40.1 Å². The predicted molar refractivity (Wildman–Crippen MR) is 101 cm³/mol. The van der Waals surface area contributed by atoms with Crippen molar-refractivity contribution in [1.29, 1.82) is 0 Å². The highest BCUT2D eigenvalue weighted by Crippen LogP contribution is 2.28. The molecule has 3 heterocycles. The molecule has 0 saturated carbocycles. The van der Waals surface area contributed by atoms with Gasteiger partial charge in [0.15, 0.2) is 0 Å². The number of benzene rings is 1. The van der Waals surface area contributed by atoms with Gasteiger partial charge in [-0.25, -0.2) is 0 Å². The Labute approximate surface area is 153 Å². The van der Waals surface area contributed by atoms with Gasteiger partial charge in [0.2, 0.25) is 0 Å². The van der Waals surface area contributed by atoms with E-state index in [0.717, 1.165) is 33.4 Å². The van der Waals surface area contributed by atoms with Crippen molar-refractivity contribution in [1.82, 2.24) is 14.5 Å². The number of hydrogen-bond acceptors (Lipinski definition) is 3. The molecule has 3 aromatic rings. The lowest BCUT2D eigenvalue weighted by atomic mass is 10.1. The number of aryl methyl sites for hydroxylation is 2. The number of carbonyl (C=O) groups is 1. The fourth-order valence-electron chi connectivity index (χ4n) is 3.75. The molecule has 134 valence electrons. The van der Waals surface area contributed by atoms with E-state index in [1.807, 2.05) is 56.1 Å². The molecule has 1 saturated heterocycles. The highest BCUT2D eigenvalue weighted by atomic mass is 16.5. The number of hydrogen-bond donors (Lipinski definition) is 0. The smallest absolute Gasteiger partial charge is 0.256 e. The van der Waals surface area contributed by atoms with Gasteiger partial charge in [0.05, 0.1) is 18.7 Å². The first-order chi connectivity index (χ1) is 12.6. The zero-order valence-electron chi connectivity index (χ0n) is 15.4. The fraction of sp³-hybridized carbons (Fsp3) is 0.333. The average molecular weight is 349 g/mol. The molecule has 0 bridgehead atoms. The SMILES string of the molecule is Cc1cc(C2CN(C(=O)c3c(C)n(C)c4ccccc34)CCO2)ccn1. The van der Waals surface area contributed by atoms with Gasteiger partial charge < -0.3 is 14.2 Å². The summed E-state index contributed by atoms with van der Waals surface area (Å²) in [7, 11) is 2.01. The molecule has 0 radical (unpaired) electrons. The lowest BCUT2D eigenvalue weighted by Gasteiger charge is -2.33. The van der Waals surface area contributed by atoms with E-state index in [2.05, 4.69) is 15.6 Å². The third-order valence-corrected chi connectivity index (χ3v) is 5.26. The van der Waals surface area contributed by atoms with Crippen molar-refractivity contribution < 1.29 is 9.53 Å². The number of fused-ring (bicyclic) bond motifs is 1. The molecule has 1 aliphatic rings. The number of para-hydroxylation sites is 1. The third kappa shape index (κ3) is 2.78. The van der Waals surface area contributed by atoms with Crippen LogP contribution in [0.25, 0.3) is 10.9 Å². The summed E-state index contributed by atoms with van der Waals surface area (Å²) in [6, 6.07) is 12.1. The van der Waals surface area contributed by atoms with Crippen LogP contribution in [0.4, 0.5) is 0 Å². The van der Waals surface area contributed by atoms with Gasteiger partial charge in [-0.05, 0) is 37.6 Å². The molecule has 5 heteroatoms. The number of aromatic nitrogens is 2. The van der Waals surface area contributed by atoms with Crippen molar-refractivity contribution in [3.05, 3.63) is 65.1 Å². The molecule has 0 N–H and O–H groups in total. The summed E-state index contributed by atoms with van der Waals surface area (Å²) in [6.07, 6.45) is 1.69. The van der Waals surface area contributed by atoms with Gasteiger partial charge in [0.25, 0.3) is 5.91 Å². The number of pyridine rings is 1. The molecular weight excluding hydrogens is 326 g/mol. The molecule has 4 rings (SSSR count). The van der Waals surface area contributed by atoms with Crippen molar-refractivity contribution in [3.63, 3.8) is 0 Å². The predicted octanol–water partition coefficient (Wildman–Crippen LogP) is 3.40. The Morgan fingerprint density at radius 1 is 1.23 bits per heavy atom. The maximum absolute atomic E-state index is 13.3. The van der Waals surface area contributed by atoms with Crippen LogP contribution in [0.1, 0.15) is 33.4 Å². The summed E-state index contributed by atoms with van der Waals surface area (Å²) in [6.45, 7) is 5.70. The van der Waals surface area contributed by atoms with E-state index in [0.29, 0.717) is 19.7 Å². The Morgan fingerprint density at radius 3 is 2.85 bits per heavy atom. The summed E-state index contributed by atoms with van der Waals surface area (Å²) < 4.78 is 8.02. The first-order valence-corrected chi connectivity index (χ1v) is 8.93. The largest absolute Gasteiger partial charge is 0.370 e. The fourth-order valence-corrected chi connectivity index (χ4v) is 3.75. The van der Waals surface area contributed by atoms with Crippen LogP contribution in [-0.2, 0) is 11.8 Å². The van der Waals surface area contributed by atoms with Gasteiger partial charge in [-0.3, -0.25) is 9.78 Å². The van der Waals surface area contributed by atoms with Gasteiger partial charge in [-0.1, -0.05) is 18.2 Å². The molecule has 1 unspecified atom stereocenters. The Bertz CT molecular complexity index is 977. The second kappa shape index (κ2) is 6.57. The number of carbonyl (C=O) groups excluding carboxylic acids is 1. The Balaban J connectivity index is 1.66. The minimum atomic E-state index is -0.107. The zero-order valence-corrected chi connectivity index (χ0v) is 15.4. The monoisotopic (exact) mass is 349 g/mol. The van der Waals surface area contributed by atoms with E-state index in [1.54, 1.807) is 6.20 Å². The Morgan fingerprint density at radius 2 is 2.04 bits per heavy atom. The second-order valence-corrected chi connectivity index (χ2v) is 6.88. The molecular formula is C21H23N3O2. The first-order valence-electron chi connectivity index (χ1n) is 8.93. The summed E-state index contributed by atoms with van der Waals surface area (Å²) in [5.41, 5.74) is 4.92. The van der Waals surface area contributed by atoms with Crippen molar-refractivity contribution >= 4 is 16.8 Å². The summed E-state index contributed by atoms with van der Waals surface area (Å²) >= 11 is 0. The van der Waals surface area contributed by atoms with Crippen LogP contribution in [0.5, 0.6) is 0 Å². The summed E-state index contributed by atoms with van der Waals surface area (Å²) in [5, 5.41) is 1.01. The number of ether oxygens (including phenoxy) is 1. The standard InChI is InChI=1S/C21H23N3O2/c1-14-12-16(8-9-22-14)19-13-24(10-11-26-19)21(25)20-15(2)23(3)18-7-5-4-6-17(18)20/h4-9,12,19H,10-11,13H2,1-3H3. The van der Waals surface area contributed by atoms with Crippen molar-refractivity contribution in [2.45, 2.75) is 20.0 Å². The maximum Gasteiger partial charge on any atom is 0.256 e. The van der Waals surface area contributed by atoms with Gasteiger partial charge >= 0.3 is 0 Å². The molecule has 5 nitrogen and oxygen atoms in total. The third-order valence-electron chi connectivity index (χ3n) is 5.26. The van der Waals surface area contributed by atoms with Crippen LogP contribution < -0.4 is 0 Å². The first kappa shape index (κ1) is 16.8. The molecule has 1 aromatic carbocycles. The van der Waals surface area contributed by atoms with E-state index in [-0.39, 0.29) is 12.0 Å². The van der Waals surface area contributed by atoms with Crippen molar-refractivity contribution in [3.8, 4) is 0 Å². The number of amides is 1. The Kier molecular flexibility index (Phi) is 4.24. The highest BCUT2D eigenvalue weighted by Gasteiger charge is 2.29. The van der Waals surface area contributed by atoms with Gasteiger partial charge in [-0.15, -0.1) is 0 Å².